The van der Waals surface area contributed by atoms with Crippen molar-refractivity contribution in [2.24, 2.45) is 11.3 Å². The van der Waals surface area contributed by atoms with Crippen LogP contribution in [0.15, 0.2) is 35.1 Å². The molecule has 0 aliphatic carbocycles. The summed E-state index contributed by atoms with van der Waals surface area (Å²) in [6.07, 6.45) is 0. The highest BCUT2D eigenvalue weighted by atomic mass is 16.1. The van der Waals surface area contributed by atoms with Crippen molar-refractivity contribution in [2.75, 3.05) is 6.54 Å². The van der Waals surface area contributed by atoms with Gasteiger partial charge in [0.2, 0.25) is 0 Å². The average molecular weight is 272 g/mol. The number of benzene rings is 1. The highest BCUT2D eigenvalue weighted by molar-refractivity contribution is 5.78. The minimum absolute atomic E-state index is 0.000360. The van der Waals surface area contributed by atoms with E-state index in [0.717, 1.165) is 23.0 Å². The van der Waals surface area contributed by atoms with E-state index in [9.17, 15) is 4.79 Å². The molecule has 1 heterocycles. The minimum Gasteiger partial charge on any atom is -0.322 e. The normalized spacial score (nSPS) is 13.6. The van der Waals surface area contributed by atoms with E-state index >= 15 is 0 Å². The Labute approximate surface area is 120 Å². The third-order valence-corrected chi connectivity index (χ3v) is 4.07. The van der Waals surface area contributed by atoms with Crippen LogP contribution in [0.25, 0.3) is 10.9 Å². The second-order valence-electron chi connectivity index (χ2n) is 6.61. The molecule has 3 heteroatoms. The van der Waals surface area contributed by atoms with E-state index in [-0.39, 0.29) is 11.0 Å². The quantitative estimate of drug-likeness (QED) is 0.897. The van der Waals surface area contributed by atoms with Crippen molar-refractivity contribution in [3.8, 4) is 0 Å². The fourth-order valence-corrected chi connectivity index (χ4v) is 2.05. The van der Waals surface area contributed by atoms with Gasteiger partial charge in [-0.3, -0.25) is 4.79 Å². The maximum absolute atomic E-state index is 12.0. The largest absolute Gasteiger partial charge is 0.322 e. The number of aromatic amines is 1. The van der Waals surface area contributed by atoms with Gasteiger partial charge in [-0.25, -0.2) is 0 Å². The third kappa shape index (κ3) is 3.48. The smallest absolute Gasteiger partial charge is 0.252 e. The van der Waals surface area contributed by atoms with Gasteiger partial charge in [0.1, 0.15) is 0 Å². The Balaban J connectivity index is 2.07. The predicted molar refractivity (Wildman–Crippen MR) is 84.9 cm³/mol. The Morgan fingerprint density at radius 3 is 2.65 bits per heavy atom. The Kier molecular flexibility index (Phi) is 4.29. The Morgan fingerprint density at radius 1 is 1.25 bits per heavy atom. The first-order valence-corrected chi connectivity index (χ1v) is 7.19. The summed E-state index contributed by atoms with van der Waals surface area (Å²) in [6.45, 7) is 10.5. The summed E-state index contributed by atoms with van der Waals surface area (Å²) in [5.74, 6) is 0.557. The van der Waals surface area contributed by atoms with Crippen LogP contribution in [-0.4, -0.2) is 11.5 Å². The van der Waals surface area contributed by atoms with Crippen molar-refractivity contribution in [1.82, 2.24) is 10.3 Å². The van der Waals surface area contributed by atoms with E-state index in [1.807, 2.05) is 30.3 Å². The van der Waals surface area contributed by atoms with Gasteiger partial charge in [0.15, 0.2) is 0 Å². The van der Waals surface area contributed by atoms with Crippen LogP contribution < -0.4 is 10.9 Å². The van der Waals surface area contributed by atoms with E-state index < -0.39 is 0 Å². The molecule has 1 aromatic carbocycles. The molecule has 108 valence electrons. The molecule has 0 bridgehead atoms. The number of aromatic nitrogens is 1. The predicted octanol–water partition coefficient (Wildman–Crippen LogP) is 3.30. The molecule has 0 saturated carbocycles. The van der Waals surface area contributed by atoms with Crippen molar-refractivity contribution in [3.05, 3.63) is 46.2 Å². The average Bonchev–Trinajstić information content (AvgIpc) is 2.38. The van der Waals surface area contributed by atoms with Gasteiger partial charge in [-0.15, -0.1) is 0 Å². The number of rotatable bonds is 4. The summed E-state index contributed by atoms with van der Waals surface area (Å²) in [6, 6.07) is 9.84. The standard InChI is InChI=1S/C17H24N2O/c1-12(17(2,3)4)10-18-11-14-9-13-7-5-6-8-15(13)19-16(14)20/h5-9,12,18H,10-11H2,1-4H3,(H,19,20). The first-order chi connectivity index (χ1) is 9.38. The molecular formula is C17H24N2O. The Bertz CT molecular complexity index is 637. The topological polar surface area (TPSA) is 44.9 Å². The fourth-order valence-electron chi connectivity index (χ4n) is 2.05. The van der Waals surface area contributed by atoms with Crippen LogP contribution in [0.3, 0.4) is 0 Å². The van der Waals surface area contributed by atoms with E-state index in [2.05, 4.69) is 38.0 Å². The molecule has 0 radical (unpaired) electrons. The fraction of sp³-hybridized carbons (Fsp3) is 0.471. The second kappa shape index (κ2) is 5.80. The lowest BCUT2D eigenvalue weighted by molar-refractivity contribution is 0.252. The van der Waals surface area contributed by atoms with Crippen molar-refractivity contribution in [3.63, 3.8) is 0 Å². The summed E-state index contributed by atoms with van der Waals surface area (Å²) in [4.78, 5) is 14.9. The van der Waals surface area contributed by atoms with Crippen LogP contribution in [0.2, 0.25) is 0 Å². The van der Waals surface area contributed by atoms with E-state index in [4.69, 9.17) is 0 Å². The molecule has 3 nitrogen and oxygen atoms in total. The lowest BCUT2D eigenvalue weighted by atomic mass is 9.82. The van der Waals surface area contributed by atoms with E-state index in [1.165, 1.54) is 0 Å². The lowest BCUT2D eigenvalue weighted by Gasteiger charge is -2.27. The highest BCUT2D eigenvalue weighted by Crippen LogP contribution is 2.24. The number of nitrogens with one attached hydrogen (secondary N) is 2. The molecule has 20 heavy (non-hydrogen) atoms. The second-order valence-corrected chi connectivity index (χ2v) is 6.61. The molecule has 0 saturated heterocycles. The summed E-state index contributed by atoms with van der Waals surface area (Å²) in [5.41, 5.74) is 1.97. The van der Waals surface area contributed by atoms with Gasteiger partial charge in [-0.1, -0.05) is 45.9 Å². The van der Waals surface area contributed by atoms with Crippen LogP contribution in [0.4, 0.5) is 0 Å². The number of pyridine rings is 1. The summed E-state index contributed by atoms with van der Waals surface area (Å²) in [7, 11) is 0. The Hall–Kier alpha value is -1.61. The maximum atomic E-state index is 12.0. The summed E-state index contributed by atoms with van der Waals surface area (Å²) in [5, 5.41) is 4.47. The molecule has 0 spiro atoms. The molecule has 0 fully saturated rings. The molecule has 2 N–H and O–H groups in total. The number of para-hydroxylation sites is 1. The molecule has 0 aliphatic rings. The SMILES string of the molecule is CC(CNCc1cc2ccccc2[nH]c1=O)C(C)(C)C. The van der Waals surface area contributed by atoms with Crippen molar-refractivity contribution in [2.45, 2.75) is 34.2 Å². The molecule has 1 aromatic heterocycles. The first kappa shape index (κ1) is 14.8. The molecule has 2 aromatic rings. The van der Waals surface area contributed by atoms with Gasteiger partial charge in [0, 0.05) is 17.6 Å². The highest BCUT2D eigenvalue weighted by Gasteiger charge is 2.19. The van der Waals surface area contributed by atoms with Gasteiger partial charge in [-0.05, 0) is 35.4 Å². The minimum atomic E-state index is -0.000360. The number of hydrogen-bond donors (Lipinski definition) is 2. The van der Waals surface area contributed by atoms with Crippen LogP contribution in [0.5, 0.6) is 0 Å². The number of hydrogen-bond acceptors (Lipinski definition) is 2. The molecule has 1 atom stereocenters. The van der Waals surface area contributed by atoms with E-state index in [1.54, 1.807) is 0 Å². The zero-order valence-electron chi connectivity index (χ0n) is 12.8. The van der Waals surface area contributed by atoms with Crippen molar-refractivity contribution >= 4 is 10.9 Å². The molecule has 0 amide bonds. The van der Waals surface area contributed by atoms with Gasteiger partial charge >= 0.3 is 0 Å². The van der Waals surface area contributed by atoms with Gasteiger partial charge < -0.3 is 10.3 Å². The van der Waals surface area contributed by atoms with Crippen molar-refractivity contribution < 1.29 is 0 Å². The third-order valence-electron chi connectivity index (χ3n) is 4.07. The van der Waals surface area contributed by atoms with Crippen LogP contribution in [-0.2, 0) is 6.54 Å². The van der Waals surface area contributed by atoms with Gasteiger partial charge in [-0.2, -0.15) is 0 Å². The molecule has 0 aliphatic heterocycles. The number of fused-ring (bicyclic) bond motifs is 1. The van der Waals surface area contributed by atoms with Crippen molar-refractivity contribution in [1.29, 1.82) is 0 Å². The number of H-pyrrole nitrogens is 1. The Morgan fingerprint density at radius 2 is 1.95 bits per heavy atom. The molecular weight excluding hydrogens is 248 g/mol. The van der Waals surface area contributed by atoms with Gasteiger partial charge in [0.25, 0.3) is 5.56 Å². The summed E-state index contributed by atoms with van der Waals surface area (Å²) >= 11 is 0. The van der Waals surface area contributed by atoms with Crippen LogP contribution in [0.1, 0.15) is 33.3 Å². The maximum Gasteiger partial charge on any atom is 0.252 e. The first-order valence-electron chi connectivity index (χ1n) is 7.19. The zero-order valence-corrected chi connectivity index (χ0v) is 12.8. The summed E-state index contributed by atoms with van der Waals surface area (Å²) < 4.78 is 0. The van der Waals surface area contributed by atoms with E-state index in [0.29, 0.717) is 12.5 Å². The van der Waals surface area contributed by atoms with Crippen LogP contribution in [0, 0.1) is 11.3 Å². The van der Waals surface area contributed by atoms with Crippen LogP contribution >= 0.6 is 0 Å². The molecule has 2 rings (SSSR count). The lowest BCUT2D eigenvalue weighted by Crippen LogP contribution is -2.30. The molecule has 1 unspecified atom stereocenters. The monoisotopic (exact) mass is 272 g/mol. The van der Waals surface area contributed by atoms with Gasteiger partial charge in [0.05, 0.1) is 0 Å². The zero-order chi connectivity index (χ0) is 14.8.